The number of hydrogen-bond donors (Lipinski definition) is 1. The van der Waals surface area contributed by atoms with Gasteiger partial charge in [-0.25, -0.2) is 0 Å². The minimum absolute atomic E-state index is 0.384. The van der Waals surface area contributed by atoms with Crippen LogP contribution in [0.2, 0.25) is 0 Å². The first-order valence-corrected chi connectivity index (χ1v) is 7.72. The number of methoxy groups -OCH3 is 1. The van der Waals surface area contributed by atoms with E-state index in [1.807, 2.05) is 0 Å². The van der Waals surface area contributed by atoms with Crippen molar-refractivity contribution >= 4 is 5.91 Å². The fourth-order valence-corrected chi connectivity index (χ4v) is 1.84. The van der Waals surface area contributed by atoms with Gasteiger partial charge in [-0.3, -0.25) is 4.79 Å². The predicted molar refractivity (Wildman–Crippen MR) is 70.2 cm³/mol. The van der Waals surface area contributed by atoms with Crippen LogP contribution in [-0.4, -0.2) is 73.8 Å². The van der Waals surface area contributed by atoms with Gasteiger partial charge < -0.3 is 10.1 Å². The highest BCUT2D eigenvalue weighted by Crippen LogP contribution is 2.63. The van der Waals surface area contributed by atoms with Gasteiger partial charge in [0.25, 0.3) is 5.91 Å². The van der Waals surface area contributed by atoms with E-state index in [1.54, 1.807) is 0 Å². The van der Waals surface area contributed by atoms with Gasteiger partial charge in [-0.1, -0.05) is 0 Å². The Hall–Kier alpha value is -1.76. The zero-order valence-corrected chi connectivity index (χ0v) is 15.4. The molecule has 0 aliphatic carbocycles. The highest BCUT2D eigenvalue weighted by Gasteiger charge is 2.95. The van der Waals surface area contributed by atoms with Crippen LogP contribution >= 0.6 is 0 Å². The van der Waals surface area contributed by atoms with Crippen LogP contribution in [0.25, 0.3) is 0 Å². The Morgan fingerprint density at radius 1 is 0.606 bits per heavy atom. The van der Waals surface area contributed by atoms with Gasteiger partial charge in [0.05, 0.1) is 0 Å². The molecule has 0 aliphatic heterocycles. The molecule has 20 heteroatoms. The Labute approximate surface area is 171 Å². The van der Waals surface area contributed by atoms with Crippen LogP contribution < -0.4 is 5.32 Å². The van der Waals surface area contributed by atoms with Crippen molar-refractivity contribution in [3.8, 4) is 0 Å². The second-order valence-electron chi connectivity index (χ2n) is 6.12. The molecule has 3 nitrogen and oxygen atoms in total. The third-order valence-corrected chi connectivity index (χ3v) is 3.82. The second kappa shape index (κ2) is 8.79. The molecule has 0 atom stereocenters. The molecule has 0 saturated heterocycles. The minimum Gasteiger partial charge on any atom is -0.385 e. The van der Waals surface area contributed by atoms with E-state index in [0.29, 0.717) is 0 Å². The van der Waals surface area contributed by atoms with E-state index in [9.17, 15) is 79.4 Å². The number of rotatable bonds is 11. The van der Waals surface area contributed by atoms with Crippen molar-refractivity contribution in [1.29, 1.82) is 0 Å². The summed E-state index contributed by atoms with van der Waals surface area (Å²) < 4.78 is 226. The van der Waals surface area contributed by atoms with Crippen LogP contribution in [-0.2, 0) is 9.53 Å². The molecule has 1 amide bonds. The number of carbonyl (C=O) groups is 1. The maximum atomic E-state index is 13.5. The lowest BCUT2D eigenvalue weighted by molar-refractivity contribution is -0.459. The molecule has 198 valence electrons. The molecular formula is C13H10F17NO2. The van der Waals surface area contributed by atoms with E-state index in [1.165, 1.54) is 0 Å². The zero-order valence-electron chi connectivity index (χ0n) is 15.4. The first-order valence-electron chi connectivity index (χ1n) is 7.72. The number of amides is 1. The lowest BCUT2D eigenvalue weighted by Crippen LogP contribution is -2.75. The molecule has 1 N–H and O–H groups in total. The lowest BCUT2D eigenvalue weighted by Gasteiger charge is -2.42. The molecular weight excluding hydrogens is 525 g/mol. The Balaban J connectivity index is 6.45. The van der Waals surface area contributed by atoms with Crippen LogP contribution in [0.3, 0.4) is 0 Å². The van der Waals surface area contributed by atoms with Gasteiger partial charge >= 0.3 is 47.6 Å². The summed E-state index contributed by atoms with van der Waals surface area (Å²) in [7, 11) is 0.992. The summed E-state index contributed by atoms with van der Waals surface area (Å²) in [6.07, 6.45) is -8.31. The van der Waals surface area contributed by atoms with Gasteiger partial charge in [0.15, 0.2) is 0 Å². The van der Waals surface area contributed by atoms with E-state index in [-0.39, 0.29) is 6.61 Å². The molecule has 0 unspecified atom stereocenters. The molecule has 0 rings (SSSR count). The van der Waals surface area contributed by atoms with Crippen molar-refractivity contribution in [3.63, 3.8) is 0 Å². The third kappa shape index (κ3) is 4.50. The van der Waals surface area contributed by atoms with Crippen molar-refractivity contribution in [2.24, 2.45) is 0 Å². The summed E-state index contributed by atoms with van der Waals surface area (Å²) in [6, 6.07) is 0. The first-order chi connectivity index (χ1) is 14.2. The largest absolute Gasteiger partial charge is 0.460 e. The predicted octanol–water partition coefficient (Wildman–Crippen LogP) is 5.15. The second-order valence-corrected chi connectivity index (χ2v) is 6.12. The van der Waals surface area contributed by atoms with Crippen LogP contribution in [0.4, 0.5) is 74.6 Å². The van der Waals surface area contributed by atoms with Crippen molar-refractivity contribution < 1.29 is 84.2 Å². The van der Waals surface area contributed by atoms with Crippen LogP contribution in [0.1, 0.15) is 6.42 Å². The van der Waals surface area contributed by atoms with E-state index in [2.05, 4.69) is 4.74 Å². The quantitative estimate of drug-likeness (QED) is 0.294. The lowest BCUT2D eigenvalue weighted by atomic mass is 9.89. The average molecular weight is 535 g/mol. The van der Waals surface area contributed by atoms with Gasteiger partial charge in [-0.2, -0.15) is 74.6 Å². The Kier molecular flexibility index (Phi) is 8.32. The summed E-state index contributed by atoms with van der Waals surface area (Å²) in [5, 5.41) is 0.769. The number of nitrogens with one attached hydrogen (secondary N) is 1. The molecule has 0 aromatic heterocycles. The standard InChI is InChI=1S/C13H10F17NO2/c1-33-4-2-3-31-5(32)6(14,15)7(16,17)8(18,19)9(20,21)10(22,23)11(24,25)12(26,27)13(28,29)30/h2-4H2,1H3,(H,31,32). The minimum atomic E-state index is -8.73. The SMILES string of the molecule is COCCCNC(=O)C(F)(F)C(F)(F)C(F)(F)C(F)(F)C(F)(F)C(F)(F)C(F)(F)C(F)(F)F. The van der Waals surface area contributed by atoms with Crippen molar-refractivity contribution in [2.45, 2.75) is 54.1 Å². The topological polar surface area (TPSA) is 38.3 Å². The number of alkyl halides is 17. The van der Waals surface area contributed by atoms with Gasteiger partial charge in [0.2, 0.25) is 0 Å². The molecule has 0 saturated carbocycles. The molecule has 0 aromatic rings. The van der Waals surface area contributed by atoms with Gasteiger partial charge in [-0.05, 0) is 6.42 Å². The molecule has 0 heterocycles. The Morgan fingerprint density at radius 2 is 0.939 bits per heavy atom. The third-order valence-electron chi connectivity index (χ3n) is 3.82. The molecule has 0 aromatic carbocycles. The maximum Gasteiger partial charge on any atom is 0.460 e. The van der Waals surface area contributed by atoms with Crippen LogP contribution in [0.5, 0.6) is 0 Å². The van der Waals surface area contributed by atoms with E-state index < -0.39 is 66.5 Å². The van der Waals surface area contributed by atoms with E-state index in [4.69, 9.17) is 0 Å². The Bertz CT molecular complexity index is 700. The van der Waals surface area contributed by atoms with Gasteiger partial charge in [-0.15, -0.1) is 0 Å². The molecule has 0 bridgehead atoms. The summed E-state index contributed by atoms with van der Waals surface area (Å²) >= 11 is 0. The number of halogens is 17. The maximum absolute atomic E-state index is 13.5. The van der Waals surface area contributed by atoms with Crippen LogP contribution in [0, 0.1) is 0 Å². The fraction of sp³-hybridized carbons (Fsp3) is 0.923. The summed E-state index contributed by atoms with van der Waals surface area (Å²) in [5.74, 6) is -61.4. The highest BCUT2D eigenvalue weighted by molar-refractivity contribution is 5.84. The molecule has 0 spiro atoms. The molecule has 0 radical (unpaired) electrons. The number of ether oxygens (including phenoxy) is 1. The van der Waals surface area contributed by atoms with Gasteiger partial charge in [0.1, 0.15) is 0 Å². The monoisotopic (exact) mass is 535 g/mol. The summed E-state index contributed by atoms with van der Waals surface area (Å²) in [6.45, 7) is -1.47. The van der Waals surface area contributed by atoms with Crippen molar-refractivity contribution in [2.75, 3.05) is 20.3 Å². The number of carbonyl (C=O) groups excluding carboxylic acids is 1. The van der Waals surface area contributed by atoms with Crippen molar-refractivity contribution in [1.82, 2.24) is 5.32 Å². The normalized spacial score (nSPS) is 15.6. The first kappa shape index (κ1) is 31.2. The van der Waals surface area contributed by atoms with Crippen molar-refractivity contribution in [3.05, 3.63) is 0 Å². The van der Waals surface area contributed by atoms with Crippen LogP contribution in [0.15, 0.2) is 0 Å². The summed E-state index contributed by atoms with van der Waals surface area (Å²) in [4.78, 5) is 11.0. The zero-order chi connectivity index (χ0) is 27.1. The smallest absolute Gasteiger partial charge is 0.385 e. The fourth-order valence-electron chi connectivity index (χ4n) is 1.84. The van der Waals surface area contributed by atoms with E-state index in [0.717, 1.165) is 12.4 Å². The average Bonchev–Trinajstić information content (AvgIpc) is 2.62. The highest BCUT2D eigenvalue weighted by atomic mass is 19.4. The van der Waals surface area contributed by atoms with E-state index >= 15 is 0 Å². The molecule has 33 heavy (non-hydrogen) atoms. The van der Waals surface area contributed by atoms with Gasteiger partial charge in [0, 0.05) is 20.3 Å². The molecule has 0 aliphatic rings. The summed E-state index contributed by atoms with van der Waals surface area (Å²) in [5.41, 5.74) is 0. The molecule has 0 fully saturated rings. The Morgan fingerprint density at radius 3 is 1.27 bits per heavy atom. The number of hydrogen-bond acceptors (Lipinski definition) is 2.